The van der Waals surface area contributed by atoms with Crippen LogP contribution in [0.5, 0.6) is 23.0 Å². The van der Waals surface area contributed by atoms with Crippen molar-refractivity contribution < 1.29 is 29.2 Å². The van der Waals surface area contributed by atoms with Crippen LogP contribution >= 0.6 is 0 Å². The number of fused-ring (bicyclic) bond motifs is 2. The molecule has 0 radical (unpaired) electrons. The van der Waals surface area contributed by atoms with Crippen molar-refractivity contribution in [2.24, 2.45) is 0 Å². The summed E-state index contributed by atoms with van der Waals surface area (Å²) in [5.41, 5.74) is 3.28. The monoisotopic (exact) mass is 387 g/mol. The van der Waals surface area contributed by atoms with E-state index in [2.05, 4.69) is 4.90 Å². The van der Waals surface area contributed by atoms with Gasteiger partial charge in [-0.15, -0.1) is 0 Å². The lowest BCUT2D eigenvalue weighted by Gasteiger charge is -2.38. The summed E-state index contributed by atoms with van der Waals surface area (Å²) in [6, 6.07) is 7.21. The molecule has 0 bridgehead atoms. The predicted molar refractivity (Wildman–Crippen MR) is 102 cm³/mol. The number of nitrogens with zero attached hydrogens (tertiary/aromatic N) is 1. The summed E-state index contributed by atoms with van der Waals surface area (Å²) in [5.74, 6) is 2.40. The Morgan fingerprint density at radius 2 is 1.93 bits per heavy atom. The van der Waals surface area contributed by atoms with Crippen LogP contribution in [0.2, 0.25) is 0 Å². The van der Waals surface area contributed by atoms with Crippen molar-refractivity contribution in [3.63, 3.8) is 0 Å². The van der Waals surface area contributed by atoms with Crippen molar-refractivity contribution in [1.29, 1.82) is 0 Å². The second kappa shape index (κ2) is 7.50. The fourth-order valence-corrected chi connectivity index (χ4v) is 4.19. The van der Waals surface area contributed by atoms with E-state index in [0.29, 0.717) is 28.4 Å². The molecule has 2 aliphatic heterocycles. The lowest BCUT2D eigenvalue weighted by molar-refractivity contribution is 0.0541. The Kier molecular flexibility index (Phi) is 5.05. The number of likely N-dealkylation sites (N-methyl/N-ethyl adjacent to an activating group) is 1. The molecule has 4 rings (SSSR count). The minimum Gasteiger partial charge on any atom is -0.493 e. The normalized spacial score (nSPS) is 19.2. The lowest BCUT2D eigenvalue weighted by Crippen LogP contribution is -2.36. The van der Waals surface area contributed by atoms with Crippen LogP contribution in [0.4, 0.5) is 0 Å². The summed E-state index contributed by atoms with van der Waals surface area (Å²) in [5, 5.41) is 21.4. The third-order valence-corrected chi connectivity index (χ3v) is 5.62. The third kappa shape index (κ3) is 2.96. The molecule has 2 N–H and O–H groups in total. The van der Waals surface area contributed by atoms with Crippen molar-refractivity contribution in [3.05, 3.63) is 46.5 Å². The molecular formula is C21H25NO6. The Balaban J connectivity index is 1.80. The molecule has 2 aliphatic rings. The molecule has 0 saturated carbocycles. The first-order chi connectivity index (χ1) is 13.6. The zero-order valence-electron chi connectivity index (χ0n) is 16.3. The highest BCUT2D eigenvalue weighted by Crippen LogP contribution is 2.46. The summed E-state index contributed by atoms with van der Waals surface area (Å²) in [6.07, 6.45) is -0.00354. The molecule has 0 amide bonds. The first-order valence-electron chi connectivity index (χ1n) is 9.24. The van der Waals surface area contributed by atoms with Gasteiger partial charge in [0.25, 0.3) is 0 Å². The van der Waals surface area contributed by atoms with Crippen LogP contribution in [0.15, 0.2) is 24.3 Å². The number of aliphatic hydroxyl groups excluding tert-OH is 2. The number of aliphatic hydroxyl groups is 2. The molecule has 7 heteroatoms. The van der Waals surface area contributed by atoms with Crippen molar-refractivity contribution in [1.82, 2.24) is 4.90 Å². The number of hydrogen-bond acceptors (Lipinski definition) is 7. The fourth-order valence-electron chi connectivity index (χ4n) is 4.19. The molecule has 7 nitrogen and oxygen atoms in total. The summed E-state index contributed by atoms with van der Waals surface area (Å²) >= 11 is 0. The minimum absolute atomic E-state index is 0.214. The van der Waals surface area contributed by atoms with E-state index in [4.69, 9.17) is 18.9 Å². The number of benzene rings is 2. The highest BCUT2D eigenvalue weighted by atomic mass is 16.7. The van der Waals surface area contributed by atoms with Crippen LogP contribution < -0.4 is 18.9 Å². The molecule has 0 spiro atoms. The van der Waals surface area contributed by atoms with Gasteiger partial charge >= 0.3 is 0 Å². The van der Waals surface area contributed by atoms with Gasteiger partial charge in [-0.25, -0.2) is 0 Å². The van der Waals surface area contributed by atoms with E-state index < -0.39 is 6.10 Å². The molecule has 2 aromatic carbocycles. The van der Waals surface area contributed by atoms with Crippen molar-refractivity contribution in [2.75, 3.05) is 34.6 Å². The number of ether oxygens (including phenoxy) is 4. The Morgan fingerprint density at radius 3 is 2.61 bits per heavy atom. The highest BCUT2D eigenvalue weighted by Gasteiger charge is 2.35. The van der Waals surface area contributed by atoms with Gasteiger partial charge in [0.1, 0.15) is 0 Å². The van der Waals surface area contributed by atoms with Gasteiger partial charge < -0.3 is 29.2 Å². The topological polar surface area (TPSA) is 80.6 Å². The molecule has 0 aromatic heterocycles. The average molecular weight is 387 g/mol. The summed E-state index contributed by atoms with van der Waals surface area (Å²) in [4.78, 5) is 2.12. The third-order valence-electron chi connectivity index (χ3n) is 5.62. The van der Waals surface area contributed by atoms with Crippen LogP contribution in [0.1, 0.15) is 34.4 Å². The zero-order valence-corrected chi connectivity index (χ0v) is 16.3. The quantitative estimate of drug-likeness (QED) is 0.814. The molecule has 2 aromatic rings. The van der Waals surface area contributed by atoms with Gasteiger partial charge in [0.05, 0.1) is 33.0 Å². The van der Waals surface area contributed by atoms with Gasteiger partial charge in [0.15, 0.2) is 23.0 Å². The van der Waals surface area contributed by atoms with E-state index >= 15 is 0 Å². The first kappa shape index (κ1) is 18.9. The van der Waals surface area contributed by atoms with E-state index in [1.54, 1.807) is 19.2 Å². The summed E-state index contributed by atoms with van der Waals surface area (Å²) in [6.45, 7) is 0.749. The molecule has 0 fully saturated rings. The van der Waals surface area contributed by atoms with Gasteiger partial charge in [-0.05, 0) is 48.4 Å². The Hall–Kier alpha value is -2.48. The number of methoxy groups -OCH3 is 2. The maximum absolute atomic E-state index is 11.4. The van der Waals surface area contributed by atoms with E-state index in [-0.39, 0.29) is 19.4 Å². The average Bonchev–Trinajstić information content (AvgIpc) is 3.17. The maximum Gasteiger partial charge on any atom is 0.231 e. The Morgan fingerprint density at radius 1 is 1.18 bits per heavy atom. The van der Waals surface area contributed by atoms with Crippen LogP contribution in [-0.2, 0) is 13.0 Å². The smallest absolute Gasteiger partial charge is 0.231 e. The fraction of sp³-hybridized carbons (Fsp3) is 0.429. The van der Waals surface area contributed by atoms with E-state index in [9.17, 15) is 10.2 Å². The van der Waals surface area contributed by atoms with Crippen LogP contribution in [0, 0.1) is 0 Å². The molecule has 150 valence electrons. The van der Waals surface area contributed by atoms with Gasteiger partial charge in [0.2, 0.25) is 6.79 Å². The van der Waals surface area contributed by atoms with Crippen molar-refractivity contribution >= 4 is 0 Å². The van der Waals surface area contributed by atoms with Gasteiger partial charge in [-0.3, -0.25) is 4.90 Å². The zero-order chi connectivity index (χ0) is 19.8. The van der Waals surface area contributed by atoms with Gasteiger partial charge in [-0.1, -0.05) is 6.07 Å². The second-order valence-electron chi connectivity index (χ2n) is 7.05. The molecule has 28 heavy (non-hydrogen) atoms. The maximum atomic E-state index is 11.4. The summed E-state index contributed by atoms with van der Waals surface area (Å²) < 4.78 is 21.8. The predicted octanol–water partition coefficient (Wildman–Crippen LogP) is 2.19. The molecule has 0 aliphatic carbocycles. The van der Waals surface area contributed by atoms with Crippen molar-refractivity contribution in [2.45, 2.75) is 25.2 Å². The summed E-state index contributed by atoms with van der Waals surface area (Å²) in [7, 11) is 5.06. The van der Waals surface area contributed by atoms with E-state index in [1.807, 2.05) is 19.2 Å². The molecule has 2 atom stereocenters. The SMILES string of the molecule is COc1ccc([C@H](O)[C@H]2c3cc4c(cc3CCN2C)OCO4)c(CO)c1OC. The van der Waals surface area contributed by atoms with Crippen LogP contribution in [-0.4, -0.2) is 49.7 Å². The van der Waals surface area contributed by atoms with E-state index in [0.717, 1.165) is 29.8 Å². The molecule has 2 heterocycles. The molecule has 0 unspecified atom stereocenters. The molecule has 0 saturated heterocycles. The molecular weight excluding hydrogens is 362 g/mol. The second-order valence-corrected chi connectivity index (χ2v) is 7.05. The largest absolute Gasteiger partial charge is 0.493 e. The standard InChI is InChI=1S/C21H25NO6/c1-22-7-6-12-8-17-18(28-11-27-17)9-14(12)19(22)20(24)13-4-5-16(25-2)21(26-3)15(13)10-23/h4-5,8-9,19-20,23-24H,6-7,10-11H2,1-3H3/t19-,20+/m1/s1. The van der Waals surface area contributed by atoms with Gasteiger partial charge in [-0.2, -0.15) is 0 Å². The Labute approximate surface area is 164 Å². The first-order valence-corrected chi connectivity index (χ1v) is 9.24. The Bertz CT molecular complexity index is 884. The van der Waals surface area contributed by atoms with Crippen LogP contribution in [0.3, 0.4) is 0 Å². The van der Waals surface area contributed by atoms with Crippen molar-refractivity contribution in [3.8, 4) is 23.0 Å². The number of rotatable bonds is 5. The van der Waals surface area contributed by atoms with Crippen LogP contribution in [0.25, 0.3) is 0 Å². The highest BCUT2D eigenvalue weighted by molar-refractivity contribution is 5.54. The minimum atomic E-state index is -0.869. The lowest BCUT2D eigenvalue weighted by atomic mass is 9.85. The van der Waals surface area contributed by atoms with Gasteiger partial charge in [0, 0.05) is 12.1 Å². The number of hydrogen-bond donors (Lipinski definition) is 2. The van der Waals surface area contributed by atoms with E-state index in [1.165, 1.54) is 7.11 Å².